The highest BCUT2D eigenvalue weighted by molar-refractivity contribution is 9.11. The van der Waals surface area contributed by atoms with Crippen molar-refractivity contribution in [1.82, 2.24) is 9.97 Å². The molecule has 19 heavy (non-hydrogen) atoms. The highest BCUT2D eigenvalue weighted by Gasteiger charge is 2.12. The second kappa shape index (κ2) is 6.06. The highest BCUT2D eigenvalue weighted by Crippen LogP contribution is 2.39. The molecule has 1 aromatic carbocycles. The Balaban J connectivity index is 2.38. The van der Waals surface area contributed by atoms with E-state index < -0.39 is 0 Å². The van der Waals surface area contributed by atoms with Crippen molar-refractivity contribution in [1.29, 1.82) is 0 Å². The summed E-state index contributed by atoms with van der Waals surface area (Å²) in [6.07, 6.45) is 1.53. The summed E-state index contributed by atoms with van der Waals surface area (Å²) in [5, 5.41) is 0. The molecule has 1 heterocycles. The van der Waals surface area contributed by atoms with Crippen LogP contribution < -0.4 is 15.2 Å². The molecule has 0 saturated heterocycles. The van der Waals surface area contributed by atoms with Gasteiger partial charge in [0.1, 0.15) is 11.5 Å². The van der Waals surface area contributed by atoms with Crippen molar-refractivity contribution >= 4 is 53.7 Å². The molecular weight excluding hydrogens is 446 g/mol. The van der Waals surface area contributed by atoms with E-state index in [-0.39, 0.29) is 5.95 Å². The van der Waals surface area contributed by atoms with Gasteiger partial charge in [0, 0.05) is 0 Å². The van der Waals surface area contributed by atoms with Crippen LogP contribution in [0.1, 0.15) is 0 Å². The average Bonchev–Trinajstić information content (AvgIpc) is 2.37. The van der Waals surface area contributed by atoms with Crippen LogP contribution in [0.15, 0.2) is 31.7 Å². The molecule has 2 N–H and O–H groups in total. The maximum absolute atomic E-state index is 5.69. The Morgan fingerprint density at radius 1 is 1.05 bits per heavy atom. The number of halogens is 3. The lowest BCUT2D eigenvalue weighted by Crippen LogP contribution is -1.98. The van der Waals surface area contributed by atoms with E-state index in [0.717, 1.165) is 8.95 Å². The number of hydrogen-bond donors (Lipinski definition) is 1. The van der Waals surface area contributed by atoms with E-state index in [9.17, 15) is 0 Å². The molecule has 5 nitrogen and oxygen atoms in total. The second-order valence-corrected chi connectivity index (χ2v) is 5.96. The van der Waals surface area contributed by atoms with E-state index in [1.165, 1.54) is 6.20 Å². The van der Waals surface area contributed by atoms with Crippen LogP contribution in [0.2, 0.25) is 0 Å². The molecule has 0 radical (unpaired) electrons. The molecule has 0 amide bonds. The SMILES string of the molecule is COc1cc(Br)c(Oc2nc(N)ncc2Br)cc1Br. The Morgan fingerprint density at radius 3 is 2.37 bits per heavy atom. The molecular formula is C11H8Br3N3O2. The number of methoxy groups -OCH3 is 1. The smallest absolute Gasteiger partial charge is 0.238 e. The van der Waals surface area contributed by atoms with Crippen molar-refractivity contribution in [3.8, 4) is 17.4 Å². The molecule has 0 unspecified atom stereocenters. The minimum absolute atomic E-state index is 0.141. The van der Waals surface area contributed by atoms with Gasteiger partial charge in [0.15, 0.2) is 0 Å². The molecule has 8 heteroatoms. The van der Waals surface area contributed by atoms with E-state index in [0.29, 0.717) is 21.9 Å². The topological polar surface area (TPSA) is 70.3 Å². The number of ether oxygens (including phenoxy) is 2. The fourth-order valence-electron chi connectivity index (χ4n) is 1.29. The lowest BCUT2D eigenvalue weighted by Gasteiger charge is -2.11. The summed E-state index contributed by atoms with van der Waals surface area (Å²) in [5.74, 6) is 1.75. The second-order valence-electron chi connectivity index (χ2n) is 3.40. The molecule has 0 aliphatic heterocycles. The minimum atomic E-state index is 0.141. The molecule has 2 aromatic rings. The van der Waals surface area contributed by atoms with Gasteiger partial charge in [0.25, 0.3) is 0 Å². The van der Waals surface area contributed by atoms with Gasteiger partial charge in [-0.1, -0.05) is 0 Å². The third-order valence-corrected chi connectivity index (χ3v) is 3.93. The average molecular weight is 454 g/mol. The number of aromatic nitrogens is 2. The van der Waals surface area contributed by atoms with Crippen LogP contribution in [-0.2, 0) is 0 Å². The Kier molecular flexibility index (Phi) is 4.64. The van der Waals surface area contributed by atoms with E-state index >= 15 is 0 Å². The third-order valence-electron chi connectivity index (χ3n) is 2.14. The van der Waals surface area contributed by atoms with Crippen LogP contribution in [0.5, 0.6) is 17.4 Å². The van der Waals surface area contributed by atoms with E-state index in [2.05, 4.69) is 57.8 Å². The zero-order valence-electron chi connectivity index (χ0n) is 9.65. The number of rotatable bonds is 3. The summed E-state index contributed by atoms with van der Waals surface area (Å²) >= 11 is 10.1. The Hall–Kier alpha value is -0.860. The maximum atomic E-state index is 5.69. The molecule has 0 aliphatic rings. The zero-order valence-corrected chi connectivity index (χ0v) is 14.4. The Bertz CT molecular complexity index is 622. The number of hydrogen-bond acceptors (Lipinski definition) is 5. The van der Waals surface area contributed by atoms with Crippen molar-refractivity contribution in [2.45, 2.75) is 0 Å². The van der Waals surface area contributed by atoms with Crippen molar-refractivity contribution in [3.63, 3.8) is 0 Å². The van der Waals surface area contributed by atoms with Gasteiger partial charge in [0.05, 0.1) is 26.7 Å². The van der Waals surface area contributed by atoms with Crippen LogP contribution >= 0.6 is 47.8 Å². The Morgan fingerprint density at radius 2 is 1.68 bits per heavy atom. The molecule has 0 atom stereocenters. The van der Waals surface area contributed by atoms with Gasteiger partial charge < -0.3 is 15.2 Å². The first-order chi connectivity index (χ1) is 9.01. The number of anilines is 1. The van der Waals surface area contributed by atoms with Gasteiger partial charge >= 0.3 is 0 Å². The molecule has 0 fully saturated rings. The summed E-state index contributed by atoms with van der Waals surface area (Å²) in [7, 11) is 1.59. The lowest BCUT2D eigenvalue weighted by molar-refractivity contribution is 0.408. The normalized spacial score (nSPS) is 10.3. The van der Waals surface area contributed by atoms with Crippen molar-refractivity contribution in [3.05, 3.63) is 31.7 Å². The predicted octanol–water partition coefficient (Wildman–Crippen LogP) is 4.15. The lowest BCUT2D eigenvalue weighted by atomic mass is 10.3. The van der Waals surface area contributed by atoms with E-state index in [1.54, 1.807) is 19.2 Å². The maximum Gasteiger partial charge on any atom is 0.238 e. The standard InChI is InChI=1S/C11H8Br3N3O2/c1-18-8-2-6(13)9(3-5(8)12)19-10-7(14)4-16-11(15)17-10/h2-4H,1H3,(H2,15,16,17). The summed E-state index contributed by atoms with van der Waals surface area (Å²) in [6, 6.07) is 3.56. The van der Waals surface area contributed by atoms with Gasteiger partial charge in [-0.05, 0) is 59.9 Å². The summed E-state index contributed by atoms with van der Waals surface area (Å²) in [4.78, 5) is 7.86. The highest BCUT2D eigenvalue weighted by atomic mass is 79.9. The van der Waals surface area contributed by atoms with Gasteiger partial charge in [0.2, 0.25) is 11.8 Å². The van der Waals surface area contributed by atoms with Crippen molar-refractivity contribution < 1.29 is 9.47 Å². The quantitative estimate of drug-likeness (QED) is 0.756. The zero-order chi connectivity index (χ0) is 14.0. The fraction of sp³-hybridized carbons (Fsp3) is 0.0909. The van der Waals surface area contributed by atoms with Crippen LogP contribution in [-0.4, -0.2) is 17.1 Å². The summed E-state index contributed by atoms with van der Waals surface area (Å²) < 4.78 is 13.0. The number of nitrogens with zero attached hydrogens (tertiary/aromatic N) is 2. The molecule has 1 aromatic heterocycles. The summed E-state index contributed by atoms with van der Waals surface area (Å²) in [5.41, 5.74) is 5.53. The van der Waals surface area contributed by atoms with Crippen molar-refractivity contribution in [2.24, 2.45) is 0 Å². The number of benzene rings is 1. The first-order valence-corrected chi connectivity index (χ1v) is 7.38. The molecule has 0 saturated carbocycles. The van der Waals surface area contributed by atoms with E-state index in [1.807, 2.05) is 0 Å². The monoisotopic (exact) mass is 451 g/mol. The van der Waals surface area contributed by atoms with Crippen LogP contribution in [0.4, 0.5) is 5.95 Å². The third kappa shape index (κ3) is 3.37. The molecule has 0 bridgehead atoms. The van der Waals surface area contributed by atoms with Crippen LogP contribution in [0.3, 0.4) is 0 Å². The summed E-state index contributed by atoms with van der Waals surface area (Å²) in [6.45, 7) is 0. The van der Waals surface area contributed by atoms with Crippen molar-refractivity contribution in [2.75, 3.05) is 12.8 Å². The minimum Gasteiger partial charge on any atom is -0.496 e. The molecule has 0 aliphatic carbocycles. The largest absolute Gasteiger partial charge is 0.496 e. The fourth-order valence-corrected chi connectivity index (χ4v) is 2.44. The molecule has 2 rings (SSSR count). The van der Waals surface area contributed by atoms with E-state index in [4.69, 9.17) is 15.2 Å². The first-order valence-electron chi connectivity index (χ1n) is 5.00. The predicted molar refractivity (Wildman–Crippen MR) is 82.6 cm³/mol. The molecule has 0 spiro atoms. The first kappa shape index (κ1) is 14.5. The van der Waals surface area contributed by atoms with Gasteiger partial charge in [-0.15, -0.1) is 0 Å². The van der Waals surface area contributed by atoms with Gasteiger partial charge in [-0.2, -0.15) is 4.98 Å². The van der Waals surface area contributed by atoms with Crippen LogP contribution in [0.25, 0.3) is 0 Å². The van der Waals surface area contributed by atoms with Gasteiger partial charge in [-0.25, -0.2) is 4.98 Å². The number of nitrogens with two attached hydrogens (primary N) is 1. The van der Waals surface area contributed by atoms with Gasteiger partial charge in [-0.3, -0.25) is 0 Å². The Labute approximate surface area is 134 Å². The number of nitrogen functional groups attached to an aromatic ring is 1. The molecule has 100 valence electrons. The van der Waals surface area contributed by atoms with Crippen LogP contribution in [0, 0.1) is 0 Å².